The topological polar surface area (TPSA) is 75.7 Å². The zero-order valence-corrected chi connectivity index (χ0v) is 16.5. The van der Waals surface area contributed by atoms with Crippen molar-refractivity contribution in [1.29, 1.82) is 0 Å². The van der Waals surface area contributed by atoms with E-state index >= 15 is 0 Å². The highest BCUT2D eigenvalue weighted by atomic mass is 35.5. The molecule has 8 heteroatoms. The lowest BCUT2D eigenvalue weighted by Crippen LogP contribution is -2.36. The summed E-state index contributed by atoms with van der Waals surface area (Å²) in [6.45, 7) is 1.35. The molecular weight excluding hydrogens is 388 g/mol. The van der Waals surface area contributed by atoms with Gasteiger partial charge in [0.1, 0.15) is 5.75 Å². The van der Waals surface area contributed by atoms with Crippen molar-refractivity contribution in [3.63, 3.8) is 0 Å². The number of likely N-dealkylation sites (tertiary alicyclic amines) is 1. The van der Waals surface area contributed by atoms with Gasteiger partial charge in [0.05, 0.1) is 23.3 Å². The molecule has 0 bridgehead atoms. The maximum absolute atomic E-state index is 12.9. The van der Waals surface area contributed by atoms with Crippen molar-refractivity contribution in [1.82, 2.24) is 4.90 Å². The number of hydrogen-bond acceptors (Lipinski definition) is 4. The van der Waals surface area contributed by atoms with Gasteiger partial charge in [-0.05, 0) is 61.7 Å². The van der Waals surface area contributed by atoms with Crippen LogP contribution in [-0.4, -0.2) is 39.4 Å². The number of carbonyl (C=O) groups excluding carboxylic acids is 1. The molecule has 0 aliphatic carbocycles. The number of nitrogens with one attached hydrogen (secondary N) is 1. The molecule has 2 aromatic carbocycles. The highest BCUT2D eigenvalue weighted by molar-refractivity contribution is 7.92. The van der Waals surface area contributed by atoms with Crippen LogP contribution < -0.4 is 9.46 Å². The van der Waals surface area contributed by atoms with Crippen LogP contribution in [0, 0.1) is 0 Å². The summed E-state index contributed by atoms with van der Waals surface area (Å²) in [7, 11) is -2.37. The van der Waals surface area contributed by atoms with Crippen molar-refractivity contribution in [3.8, 4) is 5.75 Å². The summed E-state index contributed by atoms with van der Waals surface area (Å²) >= 11 is 6.05. The number of methoxy groups -OCH3 is 1. The van der Waals surface area contributed by atoms with Gasteiger partial charge in [0.25, 0.3) is 15.9 Å². The van der Waals surface area contributed by atoms with Crippen LogP contribution >= 0.6 is 11.6 Å². The summed E-state index contributed by atoms with van der Waals surface area (Å²) < 4.78 is 33.0. The van der Waals surface area contributed by atoms with Crippen LogP contribution in [0.15, 0.2) is 47.4 Å². The summed E-state index contributed by atoms with van der Waals surface area (Å²) in [5.41, 5.74) is 0.465. The minimum atomic E-state index is -3.88. The molecule has 0 radical (unpaired) electrons. The molecule has 1 N–H and O–H groups in total. The quantitative estimate of drug-likeness (QED) is 0.816. The van der Waals surface area contributed by atoms with Crippen molar-refractivity contribution in [2.24, 2.45) is 0 Å². The molecular formula is C19H21ClN2O4S. The van der Waals surface area contributed by atoms with Crippen molar-refractivity contribution < 1.29 is 17.9 Å². The lowest BCUT2D eigenvalue weighted by molar-refractivity contribution is 0.0725. The number of nitrogens with zero attached hydrogens (tertiary/aromatic N) is 1. The summed E-state index contributed by atoms with van der Waals surface area (Å²) in [5.74, 6) is 0.358. The molecule has 6 nitrogen and oxygen atoms in total. The standard InChI is InChI=1S/C19H21ClN2O4S/c1-26-15-6-8-16(9-7-15)27(24,25)21-18-13-14(20)5-10-17(18)19(23)22-11-3-2-4-12-22/h5-10,13,21H,2-4,11-12H2,1H3. The van der Waals surface area contributed by atoms with Crippen molar-refractivity contribution in [2.75, 3.05) is 24.9 Å². The molecule has 0 spiro atoms. The van der Waals surface area contributed by atoms with Crippen LogP contribution in [0.25, 0.3) is 0 Å². The smallest absolute Gasteiger partial charge is 0.261 e. The molecule has 1 aliphatic rings. The number of benzene rings is 2. The Balaban J connectivity index is 1.91. The maximum Gasteiger partial charge on any atom is 0.261 e. The molecule has 1 heterocycles. The van der Waals surface area contributed by atoms with Gasteiger partial charge in [-0.1, -0.05) is 11.6 Å². The molecule has 1 aliphatic heterocycles. The molecule has 1 amide bonds. The van der Waals surface area contributed by atoms with Gasteiger partial charge in [0.15, 0.2) is 0 Å². The molecule has 144 valence electrons. The first kappa shape index (κ1) is 19.5. The zero-order chi connectivity index (χ0) is 19.4. The summed E-state index contributed by atoms with van der Waals surface area (Å²) in [6, 6.07) is 10.6. The van der Waals surface area contributed by atoms with E-state index in [9.17, 15) is 13.2 Å². The van der Waals surface area contributed by atoms with Gasteiger partial charge in [-0.15, -0.1) is 0 Å². The van der Waals surface area contributed by atoms with Crippen LogP contribution in [0.5, 0.6) is 5.75 Å². The van der Waals surface area contributed by atoms with Crippen molar-refractivity contribution in [3.05, 3.63) is 53.1 Å². The fourth-order valence-electron chi connectivity index (χ4n) is 3.01. The van der Waals surface area contributed by atoms with E-state index < -0.39 is 10.0 Å². The predicted molar refractivity (Wildman–Crippen MR) is 105 cm³/mol. The fraction of sp³-hybridized carbons (Fsp3) is 0.316. The third kappa shape index (κ3) is 4.54. The Labute approximate surface area is 164 Å². The third-order valence-electron chi connectivity index (χ3n) is 4.47. The number of rotatable bonds is 5. The molecule has 0 saturated carbocycles. The van der Waals surface area contributed by atoms with Crippen LogP contribution in [0.4, 0.5) is 5.69 Å². The maximum atomic E-state index is 12.9. The summed E-state index contributed by atoms with van der Waals surface area (Å²) in [4.78, 5) is 14.7. The highest BCUT2D eigenvalue weighted by Gasteiger charge is 2.23. The lowest BCUT2D eigenvalue weighted by atomic mass is 10.1. The van der Waals surface area contributed by atoms with Gasteiger partial charge in [0.2, 0.25) is 0 Å². The number of amides is 1. The molecule has 2 aromatic rings. The first-order valence-corrected chi connectivity index (χ1v) is 10.5. The zero-order valence-electron chi connectivity index (χ0n) is 14.9. The Morgan fingerprint density at radius 2 is 1.74 bits per heavy atom. The monoisotopic (exact) mass is 408 g/mol. The fourth-order valence-corrected chi connectivity index (χ4v) is 4.26. The van der Waals surface area contributed by atoms with E-state index in [2.05, 4.69) is 4.72 Å². The molecule has 0 atom stereocenters. The number of ether oxygens (including phenoxy) is 1. The van der Waals surface area contributed by atoms with Gasteiger partial charge in [-0.3, -0.25) is 9.52 Å². The molecule has 1 fully saturated rings. The minimum Gasteiger partial charge on any atom is -0.497 e. The van der Waals surface area contributed by atoms with E-state index in [1.54, 1.807) is 29.2 Å². The van der Waals surface area contributed by atoms with E-state index in [4.69, 9.17) is 16.3 Å². The van der Waals surface area contributed by atoms with Gasteiger partial charge in [-0.2, -0.15) is 0 Å². The van der Waals surface area contributed by atoms with E-state index in [0.717, 1.165) is 19.3 Å². The van der Waals surface area contributed by atoms with Crippen LogP contribution in [0.2, 0.25) is 5.02 Å². The highest BCUT2D eigenvalue weighted by Crippen LogP contribution is 2.27. The minimum absolute atomic E-state index is 0.0691. The molecule has 27 heavy (non-hydrogen) atoms. The number of sulfonamides is 1. The first-order valence-electron chi connectivity index (χ1n) is 8.66. The van der Waals surface area contributed by atoms with Gasteiger partial charge < -0.3 is 9.64 Å². The average Bonchev–Trinajstić information content (AvgIpc) is 2.68. The average molecular weight is 409 g/mol. The molecule has 3 rings (SSSR count). The second kappa shape index (κ2) is 8.19. The number of carbonyl (C=O) groups is 1. The number of anilines is 1. The van der Waals surface area contributed by atoms with Crippen molar-refractivity contribution in [2.45, 2.75) is 24.2 Å². The Kier molecular flexibility index (Phi) is 5.92. The van der Waals surface area contributed by atoms with E-state index in [-0.39, 0.29) is 16.5 Å². The van der Waals surface area contributed by atoms with Crippen LogP contribution in [-0.2, 0) is 10.0 Å². The third-order valence-corrected chi connectivity index (χ3v) is 6.09. The van der Waals surface area contributed by atoms with Gasteiger partial charge >= 0.3 is 0 Å². The van der Waals surface area contributed by atoms with E-state index in [1.165, 1.54) is 25.3 Å². The molecule has 0 aromatic heterocycles. The Morgan fingerprint density at radius 3 is 2.37 bits per heavy atom. The number of halogens is 1. The van der Waals surface area contributed by atoms with Crippen molar-refractivity contribution >= 4 is 33.2 Å². The number of hydrogen-bond donors (Lipinski definition) is 1. The summed E-state index contributed by atoms with van der Waals surface area (Å²) in [6.07, 6.45) is 3.00. The Bertz CT molecular complexity index is 923. The van der Waals surface area contributed by atoms with Crippen LogP contribution in [0.3, 0.4) is 0 Å². The Morgan fingerprint density at radius 1 is 1.07 bits per heavy atom. The van der Waals surface area contributed by atoms with Gasteiger partial charge in [0, 0.05) is 18.1 Å². The largest absolute Gasteiger partial charge is 0.497 e. The van der Waals surface area contributed by atoms with Gasteiger partial charge in [-0.25, -0.2) is 8.42 Å². The predicted octanol–water partition coefficient (Wildman–Crippen LogP) is 3.78. The van der Waals surface area contributed by atoms with E-state index in [1.807, 2.05) is 0 Å². The normalized spacial score (nSPS) is 14.7. The SMILES string of the molecule is COc1ccc(S(=O)(=O)Nc2cc(Cl)ccc2C(=O)N2CCCCC2)cc1. The lowest BCUT2D eigenvalue weighted by Gasteiger charge is -2.27. The molecule has 0 unspecified atom stereocenters. The summed E-state index contributed by atoms with van der Waals surface area (Å²) in [5, 5.41) is 0.345. The second-order valence-electron chi connectivity index (χ2n) is 6.32. The molecule has 1 saturated heterocycles. The second-order valence-corrected chi connectivity index (χ2v) is 8.44. The van der Waals surface area contributed by atoms with Crippen LogP contribution in [0.1, 0.15) is 29.6 Å². The van der Waals surface area contributed by atoms with E-state index in [0.29, 0.717) is 29.4 Å². The number of piperidine rings is 1. The first-order chi connectivity index (χ1) is 12.9. The Hall–Kier alpha value is -2.25.